The number of hydrogen-bond acceptors (Lipinski definition) is 7. The monoisotopic (exact) mass is 570 g/mol. The Kier molecular flexibility index (Phi) is 12.8. The Balaban J connectivity index is 2.22. The van der Waals surface area contributed by atoms with Crippen LogP contribution in [0.4, 0.5) is 0 Å². The van der Waals surface area contributed by atoms with Crippen LogP contribution in [0.2, 0.25) is 0 Å². The Labute approximate surface area is 238 Å². The van der Waals surface area contributed by atoms with E-state index in [9.17, 15) is 34.2 Å². The van der Waals surface area contributed by atoms with Crippen LogP contribution in [-0.2, 0) is 36.8 Å². The minimum atomic E-state index is -1.50. The first-order chi connectivity index (χ1) is 19.3. The van der Waals surface area contributed by atoms with Crippen molar-refractivity contribution in [3.8, 4) is 5.75 Å². The highest BCUT2D eigenvalue weighted by atomic mass is 16.4. The molecule has 0 aromatic heterocycles. The van der Waals surface area contributed by atoms with Crippen LogP contribution >= 0.6 is 0 Å². The van der Waals surface area contributed by atoms with E-state index in [1.807, 2.05) is 44.2 Å². The molecule has 2 rings (SSSR count). The molecule has 3 amide bonds. The van der Waals surface area contributed by atoms with Gasteiger partial charge in [0.05, 0.1) is 6.04 Å². The summed E-state index contributed by atoms with van der Waals surface area (Å²) in [6.07, 6.45) is -0.431. The fourth-order valence-corrected chi connectivity index (χ4v) is 4.09. The average molecular weight is 571 g/mol. The lowest BCUT2D eigenvalue weighted by atomic mass is 9.99. The zero-order chi connectivity index (χ0) is 30.5. The van der Waals surface area contributed by atoms with Gasteiger partial charge in [0.15, 0.2) is 0 Å². The molecule has 0 fully saturated rings. The van der Waals surface area contributed by atoms with E-state index in [1.165, 1.54) is 24.3 Å². The lowest BCUT2D eigenvalue weighted by Gasteiger charge is -2.26. The number of aromatic hydroxyl groups is 1. The van der Waals surface area contributed by atoms with Crippen LogP contribution < -0.4 is 21.7 Å². The lowest BCUT2D eigenvalue weighted by Crippen LogP contribution is -2.58. The summed E-state index contributed by atoms with van der Waals surface area (Å²) in [6, 6.07) is 10.3. The van der Waals surface area contributed by atoms with Gasteiger partial charge in [-0.25, -0.2) is 4.79 Å². The minimum Gasteiger partial charge on any atom is -0.508 e. The first-order valence-electron chi connectivity index (χ1n) is 13.3. The van der Waals surface area contributed by atoms with Crippen LogP contribution in [0.25, 0.3) is 0 Å². The van der Waals surface area contributed by atoms with Gasteiger partial charge in [0.2, 0.25) is 17.7 Å². The molecule has 0 heterocycles. The number of carbonyl (C=O) groups excluding carboxylic acids is 3. The Hall–Kier alpha value is -4.45. The predicted molar refractivity (Wildman–Crippen MR) is 150 cm³/mol. The Morgan fingerprint density at radius 1 is 0.732 bits per heavy atom. The summed E-state index contributed by atoms with van der Waals surface area (Å²) in [5.41, 5.74) is 7.50. The molecule has 222 valence electrons. The molecular weight excluding hydrogens is 532 g/mol. The third-order valence-electron chi connectivity index (χ3n) is 6.25. The molecule has 2 aromatic rings. The van der Waals surface area contributed by atoms with Gasteiger partial charge in [-0.3, -0.25) is 19.2 Å². The molecule has 0 spiro atoms. The highest BCUT2D eigenvalue weighted by Gasteiger charge is 2.31. The SMILES string of the molecule is CC(C)CC(NC(=O)C(N)Cc1ccccc1)C(=O)NC(Cc1ccc(O)cc1)C(=O)NC(CCC(=O)O)C(=O)O. The fraction of sp³-hybridized carbons (Fsp3) is 0.414. The fourth-order valence-electron chi connectivity index (χ4n) is 4.09. The number of carboxylic acids is 2. The van der Waals surface area contributed by atoms with Crippen LogP contribution in [0, 0.1) is 5.92 Å². The maximum absolute atomic E-state index is 13.4. The van der Waals surface area contributed by atoms with Gasteiger partial charge in [-0.15, -0.1) is 0 Å². The zero-order valence-corrected chi connectivity index (χ0v) is 23.1. The zero-order valence-electron chi connectivity index (χ0n) is 23.1. The quantitative estimate of drug-likeness (QED) is 0.153. The molecular formula is C29H38N4O8. The van der Waals surface area contributed by atoms with E-state index >= 15 is 0 Å². The summed E-state index contributed by atoms with van der Waals surface area (Å²) in [5, 5.41) is 35.6. The number of phenolic OH excluding ortho intramolecular Hbond substituents is 1. The van der Waals surface area contributed by atoms with E-state index < -0.39 is 60.2 Å². The van der Waals surface area contributed by atoms with Gasteiger partial charge < -0.3 is 37.0 Å². The van der Waals surface area contributed by atoms with Gasteiger partial charge in [0.25, 0.3) is 0 Å². The second kappa shape index (κ2) is 16.0. The summed E-state index contributed by atoms with van der Waals surface area (Å²) < 4.78 is 0. The second-order valence-corrected chi connectivity index (χ2v) is 10.3. The number of aliphatic carboxylic acids is 2. The molecule has 4 unspecified atom stereocenters. The maximum atomic E-state index is 13.4. The van der Waals surface area contributed by atoms with Gasteiger partial charge in [-0.1, -0.05) is 56.3 Å². The normalized spacial score (nSPS) is 13.9. The van der Waals surface area contributed by atoms with Gasteiger partial charge in [-0.05, 0) is 48.4 Å². The summed E-state index contributed by atoms with van der Waals surface area (Å²) in [6.45, 7) is 3.72. The van der Waals surface area contributed by atoms with E-state index in [4.69, 9.17) is 10.8 Å². The number of hydrogen-bond donors (Lipinski definition) is 7. The third kappa shape index (κ3) is 11.7. The van der Waals surface area contributed by atoms with Crippen molar-refractivity contribution in [2.45, 2.75) is 70.1 Å². The number of carbonyl (C=O) groups is 5. The van der Waals surface area contributed by atoms with Crippen molar-refractivity contribution in [3.05, 3.63) is 65.7 Å². The van der Waals surface area contributed by atoms with Crippen LogP contribution in [0.3, 0.4) is 0 Å². The van der Waals surface area contributed by atoms with E-state index in [0.717, 1.165) is 5.56 Å². The van der Waals surface area contributed by atoms with Crippen LogP contribution in [0.5, 0.6) is 5.75 Å². The number of rotatable bonds is 16. The van der Waals surface area contributed by atoms with E-state index in [0.29, 0.717) is 5.56 Å². The molecule has 0 bridgehead atoms. The average Bonchev–Trinajstić information content (AvgIpc) is 2.91. The maximum Gasteiger partial charge on any atom is 0.326 e. The van der Waals surface area contributed by atoms with Gasteiger partial charge >= 0.3 is 11.9 Å². The molecule has 4 atom stereocenters. The van der Waals surface area contributed by atoms with E-state index in [1.54, 1.807) is 0 Å². The number of amides is 3. The summed E-state index contributed by atoms with van der Waals surface area (Å²) in [7, 11) is 0. The molecule has 0 aliphatic heterocycles. The molecule has 12 nitrogen and oxygen atoms in total. The Morgan fingerprint density at radius 2 is 1.27 bits per heavy atom. The van der Waals surface area contributed by atoms with Crippen molar-refractivity contribution < 1.29 is 39.3 Å². The molecule has 0 radical (unpaired) electrons. The predicted octanol–water partition coefficient (Wildman–Crippen LogP) is 0.955. The van der Waals surface area contributed by atoms with Gasteiger partial charge in [0, 0.05) is 12.8 Å². The lowest BCUT2D eigenvalue weighted by molar-refractivity contribution is -0.143. The summed E-state index contributed by atoms with van der Waals surface area (Å²) in [5.74, 6) is -4.74. The van der Waals surface area contributed by atoms with Crippen molar-refractivity contribution in [2.75, 3.05) is 0 Å². The molecule has 0 saturated carbocycles. The first-order valence-corrected chi connectivity index (χ1v) is 13.3. The number of benzene rings is 2. The van der Waals surface area contributed by atoms with E-state index in [2.05, 4.69) is 16.0 Å². The molecule has 0 aliphatic rings. The second-order valence-electron chi connectivity index (χ2n) is 10.3. The van der Waals surface area contributed by atoms with Gasteiger partial charge in [0.1, 0.15) is 23.9 Å². The Morgan fingerprint density at radius 3 is 1.83 bits per heavy atom. The topological polar surface area (TPSA) is 208 Å². The number of nitrogens with one attached hydrogen (secondary N) is 3. The third-order valence-corrected chi connectivity index (χ3v) is 6.25. The summed E-state index contributed by atoms with van der Waals surface area (Å²) >= 11 is 0. The van der Waals surface area contributed by atoms with Crippen molar-refractivity contribution in [1.82, 2.24) is 16.0 Å². The van der Waals surface area contributed by atoms with Crippen molar-refractivity contribution in [3.63, 3.8) is 0 Å². The molecule has 41 heavy (non-hydrogen) atoms. The van der Waals surface area contributed by atoms with Crippen molar-refractivity contribution in [2.24, 2.45) is 11.7 Å². The standard InChI is InChI=1S/C29H38N4O8/c1-17(2)14-23(32-26(37)21(30)15-18-6-4-3-5-7-18)27(38)33-24(16-19-8-10-20(34)11-9-19)28(39)31-22(29(40)41)12-13-25(35)36/h3-11,17,21-24,34H,12-16,30H2,1-2H3,(H,31,39)(H,32,37)(H,33,38)(H,35,36)(H,40,41). The summed E-state index contributed by atoms with van der Waals surface area (Å²) in [4.78, 5) is 62.1. The van der Waals surface area contributed by atoms with E-state index in [-0.39, 0.29) is 37.4 Å². The van der Waals surface area contributed by atoms with Crippen LogP contribution in [0.15, 0.2) is 54.6 Å². The molecule has 2 aromatic carbocycles. The van der Waals surface area contributed by atoms with Gasteiger partial charge in [-0.2, -0.15) is 0 Å². The van der Waals surface area contributed by atoms with Crippen molar-refractivity contribution in [1.29, 1.82) is 0 Å². The highest BCUT2D eigenvalue weighted by Crippen LogP contribution is 2.13. The molecule has 12 heteroatoms. The van der Waals surface area contributed by atoms with Crippen molar-refractivity contribution >= 4 is 29.7 Å². The molecule has 8 N–H and O–H groups in total. The molecule has 0 aliphatic carbocycles. The number of phenols is 1. The largest absolute Gasteiger partial charge is 0.508 e. The number of carboxylic acid groups (broad SMARTS) is 2. The van der Waals surface area contributed by atoms with Crippen LogP contribution in [0.1, 0.15) is 44.2 Å². The smallest absolute Gasteiger partial charge is 0.326 e. The first kappa shape index (κ1) is 32.8. The number of nitrogens with two attached hydrogens (primary N) is 1. The van der Waals surface area contributed by atoms with Crippen LogP contribution in [-0.4, -0.2) is 69.1 Å². The molecule has 0 saturated heterocycles. The highest BCUT2D eigenvalue weighted by molar-refractivity contribution is 5.94. The minimum absolute atomic E-state index is 0.00931. The Bertz CT molecular complexity index is 1190.